The van der Waals surface area contributed by atoms with Gasteiger partial charge in [-0.3, -0.25) is 4.79 Å². The number of carbonyl (C=O) groups is 1. The number of rotatable bonds is 6. The van der Waals surface area contributed by atoms with Gasteiger partial charge in [0.25, 0.3) is 5.91 Å². The number of anilines is 2. The lowest BCUT2D eigenvalue weighted by atomic mass is 10.2. The second-order valence-electron chi connectivity index (χ2n) is 5.95. The van der Waals surface area contributed by atoms with Crippen LogP contribution in [0.5, 0.6) is 0 Å². The molecule has 0 radical (unpaired) electrons. The quantitative estimate of drug-likeness (QED) is 0.700. The Labute approximate surface area is 163 Å². The smallest absolute Gasteiger partial charge is 0.278 e. The van der Waals surface area contributed by atoms with E-state index in [1.165, 1.54) is 0 Å². The number of hydrogen-bond acceptors (Lipinski definition) is 5. The average molecular weight is 385 g/mol. The first-order valence-electron chi connectivity index (χ1n) is 8.74. The lowest BCUT2D eigenvalue weighted by Gasteiger charge is -2.19. The molecular weight excluding hydrogens is 364 g/mol. The highest BCUT2D eigenvalue weighted by molar-refractivity contribution is 6.30. The molecule has 0 spiro atoms. The molecule has 3 aromatic rings. The molecular formula is C19H21ClN6O. The van der Waals surface area contributed by atoms with Gasteiger partial charge < -0.3 is 10.2 Å². The third kappa shape index (κ3) is 4.09. The van der Waals surface area contributed by atoms with Crippen molar-refractivity contribution < 1.29 is 4.79 Å². The molecule has 0 bridgehead atoms. The van der Waals surface area contributed by atoms with Crippen molar-refractivity contribution in [2.24, 2.45) is 0 Å². The van der Waals surface area contributed by atoms with Crippen molar-refractivity contribution in [1.29, 1.82) is 0 Å². The van der Waals surface area contributed by atoms with E-state index in [0.29, 0.717) is 16.4 Å². The largest absolute Gasteiger partial charge is 0.357 e. The monoisotopic (exact) mass is 384 g/mol. The van der Waals surface area contributed by atoms with Gasteiger partial charge in [-0.25, -0.2) is 9.67 Å². The molecule has 3 rings (SSSR count). The number of hydrogen-bond donors (Lipinski definition) is 1. The van der Waals surface area contributed by atoms with Crippen LogP contribution in [0.2, 0.25) is 5.02 Å². The Balaban J connectivity index is 1.77. The molecule has 27 heavy (non-hydrogen) atoms. The highest BCUT2D eigenvalue weighted by Crippen LogP contribution is 2.18. The van der Waals surface area contributed by atoms with E-state index in [-0.39, 0.29) is 11.6 Å². The van der Waals surface area contributed by atoms with E-state index in [2.05, 4.69) is 39.4 Å². The molecule has 0 aliphatic rings. The molecule has 0 saturated heterocycles. The van der Waals surface area contributed by atoms with Gasteiger partial charge >= 0.3 is 0 Å². The molecule has 140 valence electrons. The first-order valence-corrected chi connectivity index (χ1v) is 9.11. The first kappa shape index (κ1) is 18.8. The third-order valence-corrected chi connectivity index (χ3v) is 4.49. The molecule has 0 fully saturated rings. The van der Waals surface area contributed by atoms with Gasteiger partial charge in [-0.05, 0) is 51.1 Å². The molecule has 0 unspecified atom stereocenters. The van der Waals surface area contributed by atoms with E-state index in [1.807, 2.05) is 24.3 Å². The molecule has 7 nitrogen and oxygen atoms in total. The molecule has 2 aromatic heterocycles. The fourth-order valence-corrected chi connectivity index (χ4v) is 2.96. The lowest BCUT2D eigenvalue weighted by molar-refractivity contribution is 0.102. The highest BCUT2D eigenvalue weighted by Gasteiger charge is 2.18. The number of halogens is 1. The summed E-state index contributed by atoms with van der Waals surface area (Å²) in [5.41, 5.74) is 2.23. The molecule has 0 aliphatic heterocycles. The zero-order valence-electron chi connectivity index (χ0n) is 15.5. The number of pyridine rings is 1. The van der Waals surface area contributed by atoms with E-state index in [1.54, 1.807) is 29.9 Å². The van der Waals surface area contributed by atoms with Gasteiger partial charge in [-0.2, -0.15) is 0 Å². The highest BCUT2D eigenvalue weighted by atomic mass is 35.5. The van der Waals surface area contributed by atoms with Crippen LogP contribution in [-0.4, -0.2) is 39.0 Å². The van der Waals surface area contributed by atoms with Crippen LogP contribution in [0.4, 0.5) is 11.5 Å². The molecule has 1 N–H and O–H groups in total. The van der Waals surface area contributed by atoms with E-state index in [0.717, 1.165) is 24.6 Å². The summed E-state index contributed by atoms with van der Waals surface area (Å²) in [7, 11) is 0. The van der Waals surface area contributed by atoms with Crippen molar-refractivity contribution in [3.8, 4) is 5.69 Å². The number of benzene rings is 1. The van der Waals surface area contributed by atoms with Crippen molar-refractivity contribution in [3.05, 3.63) is 59.0 Å². The van der Waals surface area contributed by atoms with Crippen molar-refractivity contribution in [1.82, 2.24) is 20.0 Å². The minimum atomic E-state index is -0.335. The number of nitrogens with zero attached hydrogens (tertiary/aromatic N) is 5. The van der Waals surface area contributed by atoms with Gasteiger partial charge in [0.05, 0.1) is 23.3 Å². The summed E-state index contributed by atoms with van der Waals surface area (Å²) in [5.74, 6) is 0.541. The van der Waals surface area contributed by atoms with Gasteiger partial charge in [0.2, 0.25) is 0 Å². The Morgan fingerprint density at radius 1 is 1.22 bits per heavy atom. The Morgan fingerprint density at radius 3 is 2.63 bits per heavy atom. The fraction of sp³-hybridized carbons (Fsp3) is 0.263. The van der Waals surface area contributed by atoms with Crippen LogP contribution in [0.25, 0.3) is 5.69 Å². The summed E-state index contributed by atoms with van der Waals surface area (Å²) < 4.78 is 1.59. The number of aromatic nitrogens is 4. The SMILES string of the molecule is CCN(CC)c1ccc(NC(=O)c2nnn(-c3cccc(Cl)c3)c2C)cn1. The van der Waals surface area contributed by atoms with Crippen molar-refractivity contribution >= 4 is 29.0 Å². The van der Waals surface area contributed by atoms with Gasteiger partial charge in [0.1, 0.15) is 5.82 Å². The van der Waals surface area contributed by atoms with Crippen molar-refractivity contribution in [2.75, 3.05) is 23.3 Å². The molecule has 1 amide bonds. The molecule has 8 heteroatoms. The van der Waals surface area contributed by atoms with Crippen LogP contribution in [0, 0.1) is 6.92 Å². The van der Waals surface area contributed by atoms with Crippen LogP contribution in [-0.2, 0) is 0 Å². The Kier molecular flexibility index (Phi) is 5.71. The second-order valence-corrected chi connectivity index (χ2v) is 6.38. The van der Waals surface area contributed by atoms with Gasteiger partial charge in [-0.1, -0.05) is 22.9 Å². The van der Waals surface area contributed by atoms with Gasteiger partial charge in [-0.15, -0.1) is 5.10 Å². The van der Waals surface area contributed by atoms with E-state index in [9.17, 15) is 4.79 Å². The topological polar surface area (TPSA) is 75.9 Å². The van der Waals surface area contributed by atoms with Gasteiger partial charge in [0, 0.05) is 18.1 Å². The first-order chi connectivity index (χ1) is 13.0. The average Bonchev–Trinajstić information content (AvgIpc) is 3.05. The summed E-state index contributed by atoms with van der Waals surface area (Å²) in [6.07, 6.45) is 1.64. The maximum Gasteiger partial charge on any atom is 0.278 e. The third-order valence-electron chi connectivity index (χ3n) is 4.26. The minimum absolute atomic E-state index is 0.253. The van der Waals surface area contributed by atoms with Crippen molar-refractivity contribution in [2.45, 2.75) is 20.8 Å². The predicted octanol–water partition coefficient (Wildman–Crippen LogP) is 3.72. The van der Waals surface area contributed by atoms with Crippen LogP contribution in [0.15, 0.2) is 42.6 Å². The van der Waals surface area contributed by atoms with E-state index < -0.39 is 0 Å². The summed E-state index contributed by atoms with van der Waals surface area (Å²) >= 11 is 6.03. The Bertz CT molecular complexity index is 934. The predicted molar refractivity (Wildman–Crippen MR) is 107 cm³/mol. The number of carbonyl (C=O) groups excluding carboxylic acids is 1. The molecule has 1 aromatic carbocycles. The summed E-state index contributed by atoms with van der Waals surface area (Å²) in [4.78, 5) is 19.1. The van der Waals surface area contributed by atoms with E-state index >= 15 is 0 Å². The van der Waals surface area contributed by atoms with Crippen LogP contribution >= 0.6 is 11.6 Å². The Hall–Kier alpha value is -2.93. The van der Waals surface area contributed by atoms with Crippen LogP contribution in [0.1, 0.15) is 30.0 Å². The van der Waals surface area contributed by atoms with Crippen molar-refractivity contribution in [3.63, 3.8) is 0 Å². The maximum atomic E-state index is 12.6. The molecule has 2 heterocycles. The number of amides is 1. The van der Waals surface area contributed by atoms with Crippen LogP contribution < -0.4 is 10.2 Å². The number of nitrogens with one attached hydrogen (secondary N) is 1. The normalized spacial score (nSPS) is 10.7. The fourth-order valence-electron chi connectivity index (χ4n) is 2.78. The molecule has 0 saturated carbocycles. The standard InChI is InChI=1S/C19H21ClN6O/c1-4-25(5-2)17-10-9-15(12-21-17)22-19(27)18-13(3)26(24-23-18)16-8-6-7-14(20)11-16/h6-12H,4-5H2,1-3H3,(H,22,27). The Morgan fingerprint density at radius 2 is 2.00 bits per heavy atom. The van der Waals surface area contributed by atoms with Gasteiger partial charge in [0.15, 0.2) is 5.69 Å². The zero-order chi connectivity index (χ0) is 19.4. The summed E-state index contributed by atoms with van der Waals surface area (Å²) in [5, 5.41) is 11.5. The van der Waals surface area contributed by atoms with Crippen LogP contribution in [0.3, 0.4) is 0 Å². The van der Waals surface area contributed by atoms with E-state index in [4.69, 9.17) is 11.6 Å². The summed E-state index contributed by atoms with van der Waals surface area (Å²) in [6.45, 7) is 7.69. The maximum absolute atomic E-state index is 12.6. The molecule has 0 atom stereocenters. The zero-order valence-corrected chi connectivity index (χ0v) is 16.2. The lowest BCUT2D eigenvalue weighted by Crippen LogP contribution is -2.23. The second kappa shape index (κ2) is 8.18. The summed E-state index contributed by atoms with van der Waals surface area (Å²) in [6, 6.07) is 10.9. The minimum Gasteiger partial charge on any atom is -0.357 e. The molecule has 0 aliphatic carbocycles.